The molecule has 0 saturated heterocycles. The smallest absolute Gasteiger partial charge is 0.245 e. The third kappa shape index (κ3) is 2.14. The van der Waals surface area contributed by atoms with E-state index >= 15 is 0 Å². The number of nitrogens with zero attached hydrogens (tertiary/aromatic N) is 6. The summed E-state index contributed by atoms with van der Waals surface area (Å²) in [5, 5.41) is 10.4. The Morgan fingerprint density at radius 2 is 1.82 bits per heavy atom. The van der Waals surface area contributed by atoms with Crippen molar-refractivity contribution in [1.82, 2.24) is 29.8 Å². The molecule has 0 radical (unpaired) electrons. The van der Waals surface area contributed by atoms with E-state index in [1.54, 1.807) is 35.4 Å². The van der Waals surface area contributed by atoms with E-state index < -0.39 is 0 Å². The molecule has 1 N–H and O–H groups in total. The zero-order valence-corrected chi connectivity index (χ0v) is 11.0. The van der Waals surface area contributed by atoms with Gasteiger partial charge in [-0.15, -0.1) is 0 Å². The van der Waals surface area contributed by atoms with Crippen molar-refractivity contribution in [1.29, 1.82) is 0 Å². The summed E-state index contributed by atoms with van der Waals surface area (Å²) in [6, 6.07) is 5.89. The highest BCUT2D eigenvalue weighted by Gasteiger charge is 2.14. The molecule has 0 unspecified atom stereocenters. The minimum Gasteiger partial charge on any atom is -0.337 e. The average molecular weight is 297 g/mol. The molecular formula is C13H8FN7O. The van der Waals surface area contributed by atoms with Crippen LogP contribution in [0, 0.1) is 5.82 Å². The van der Waals surface area contributed by atoms with E-state index in [0.29, 0.717) is 17.3 Å². The number of hydrogen-bond donors (Lipinski definition) is 1. The molecule has 3 heterocycles. The lowest BCUT2D eigenvalue weighted by molar-refractivity contribution is 0.314. The molecule has 0 saturated carbocycles. The van der Waals surface area contributed by atoms with E-state index in [1.807, 2.05) is 0 Å². The molecule has 0 aliphatic rings. The van der Waals surface area contributed by atoms with Crippen LogP contribution >= 0.6 is 0 Å². The third-order valence-electron chi connectivity index (χ3n) is 2.95. The summed E-state index contributed by atoms with van der Waals surface area (Å²) in [7, 11) is 0. The quantitative estimate of drug-likeness (QED) is 0.618. The van der Waals surface area contributed by atoms with Crippen molar-refractivity contribution in [3.05, 3.63) is 48.8 Å². The molecule has 8 nitrogen and oxygen atoms in total. The number of anilines is 2. The molecule has 4 aromatic rings. The summed E-state index contributed by atoms with van der Waals surface area (Å²) in [4.78, 5) is 12.7. The maximum absolute atomic E-state index is 13.0. The van der Waals surface area contributed by atoms with Gasteiger partial charge in [0.1, 0.15) is 12.1 Å². The van der Waals surface area contributed by atoms with Crippen LogP contribution < -0.4 is 5.32 Å². The molecule has 0 amide bonds. The predicted molar refractivity (Wildman–Crippen MR) is 74.2 cm³/mol. The van der Waals surface area contributed by atoms with Crippen LogP contribution in [0.1, 0.15) is 0 Å². The van der Waals surface area contributed by atoms with Crippen molar-refractivity contribution in [3.8, 4) is 5.82 Å². The number of benzene rings is 1. The van der Waals surface area contributed by atoms with Crippen molar-refractivity contribution in [3.63, 3.8) is 0 Å². The Hall–Kier alpha value is -3.36. The van der Waals surface area contributed by atoms with Gasteiger partial charge in [0.2, 0.25) is 11.3 Å². The van der Waals surface area contributed by atoms with Crippen LogP contribution in [0.4, 0.5) is 15.9 Å². The fraction of sp³-hybridized carbons (Fsp3) is 0. The number of rotatable bonds is 3. The summed E-state index contributed by atoms with van der Waals surface area (Å²) in [5.41, 5.74) is 1.22. The molecule has 0 atom stereocenters. The zero-order chi connectivity index (χ0) is 14.9. The van der Waals surface area contributed by atoms with Crippen molar-refractivity contribution < 1.29 is 9.02 Å². The monoisotopic (exact) mass is 297 g/mol. The molecule has 9 heteroatoms. The van der Waals surface area contributed by atoms with E-state index in [2.05, 4.69) is 35.2 Å². The lowest BCUT2D eigenvalue weighted by Crippen LogP contribution is -2.04. The topological polar surface area (TPSA) is 94.5 Å². The number of imidazole rings is 1. The Morgan fingerprint density at radius 3 is 2.55 bits per heavy atom. The second kappa shape index (κ2) is 4.88. The molecular weight excluding hydrogens is 289 g/mol. The first-order chi connectivity index (χ1) is 10.8. The maximum Gasteiger partial charge on any atom is 0.245 e. The number of hydrogen-bond acceptors (Lipinski definition) is 7. The Bertz CT molecular complexity index is 917. The molecule has 0 aliphatic carbocycles. The summed E-state index contributed by atoms with van der Waals surface area (Å²) < 4.78 is 19.3. The highest BCUT2D eigenvalue weighted by molar-refractivity contribution is 5.72. The molecule has 108 valence electrons. The predicted octanol–water partition coefficient (Wildman–Crippen LogP) is 2.08. The molecule has 3 aromatic heterocycles. The fourth-order valence-electron chi connectivity index (χ4n) is 1.95. The molecule has 0 aliphatic heterocycles. The molecule has 0 spiro atoms. The molecule has 22 heavy (non-hydrogen) atoms. The lowest BCUT2D eigenvalue weighted by Gasteiger charge is -2.10. The van der Waals surface area contributed by atoms with E-state index in [1.165, 1.54) is 12.1 Å². The van der Waals surface area contributed by atoms with E-state index in [4.69, 9.17) is 0 Å². The summed E-state index contributed by atoms with van der Waals surface area (Å²) in [5.74, 6) is 0.584. The normalized spacial score (nSPS) is 11.0. The standard InChI is InChI=1S/C13H8FN7O/c14-8-1-3-9(4-2-8)16-12-13(21-6-5-15-7-21)18-11-10(17-12)19-22-20-11/h1-7H,(H,16,17,19). The third-order valence-corrected chi connectivity index (χ3v) is 2.95. The van der Waals surface area contributed by atoms with Crippen molar-refractivity contribution >= 4 is 22.8 Å². The van der Waals surface area contributed by atoms with Crippen molar-refractivity contribution in [2.24, 2.45) is 0 Å². The molecule has 4 rings (SSSR count). The zero-order valence-electron chi connectivity index (χ0n) is 11.0. The van der Waals surface area contributed by atoms with Gasteiger partial charge in [0.15, 0.2) is 11.6 Å². The minimum atomic E-state index is -0.317. The number of aromatic nitrogens is 6. The van der Waals surface area contributed by atoms with Gasteiger partial charge < -0.3 is 5.32 Å². The lowest BCUT2D eigenvalue weighted by atomic mass is 10.3. The minimum absolute atomic E-state index is 0.272. The van der Waals surface area contributed by atoms with E-state index in [9.17, 15) is 4.39 Å². The molecule has 1 aromatic carbocycles. The fourth-order valence-corrected chi connectivity index (χ4v) is 1.95. The Balaban J connectivity index is 1.83. The largest absolute Gasteiger partial charge is 0.337 e. The van der Waals surface area contributed by atoms with Crippen LogP contribution in [0.2, 0.25) is 0 Å². The first kappa shape index (κ1) is 12.4. The summed E-state index contributed by atoms with van der Waals surface area (Å²) in [6.07, 6.45) is 4.92. The van der Waals surface area contributed by atoms with Crippen molar-refractivity contribution in [2.45, 2.75) is 0 Å². The van der Waals surface area contributed by atoms with E-state index in [0.717, 1.165) is 0 Å². The first-order valence-electron chi connectivity index (χ1n) is 6.31. The number of nitrogens with one attached hydrogen (secondary N) is 1. The highest BCUT2D eigenvalue weighted by Crippen LogP contribution is 2.22. The first-order valence-corrected chi connectivity index (χ1v) is 6.31. The second-order valence-electron chi connectivity index (χ2n) is 4.41. The van der Waals surface area contributed by atoms with Gasteiger partial charge in [-0.2, -0.15) is 0 Å². The number of halogens is 1. The number of fused-ring (bicyclic) bond motifs is 1. The van der Waals surface area contributed by atoms with Gasteiger partial charge in [-0.25, -0.2) is 24.0 Å². The van der Waals surface area contributed by atoms with Crippen LogP contribution in [0.25, 0.3) is 17.1 Å². The van der Waals surface area contributed by atoms with Gasteiger partial charge in [-0.1, -0.05) is 0 Å². The Kier molecular flexibility index (Phi) is 2.75. The summed E-state index contributed by atoms with van der Waals surface area (Å²) >= 11 is 0. The molecule has 0 fully saturated rings. The highest BCUT2D eigenvalue weighted by atomic mass is 19.1. The van der Waals surface area contributed by atoms with Gasteiger partial charge in [0.05, 0.1) is 0 Å². The van der Waals surface area contributed by atoms with Crippen LogP contribution in [0.15, 0.2) is 47.6 Å². The average Bonchev–Trinajstić information content (AvgIpc) is 3.19. The van der Waals surface area contributed by atoms with Crippen LogP contribution in [0.3, 0.4) is 0 Å². The summed E-state index contributed by atoms with van der Waals surface area (Å²) in [6.45, 7) is 0. The van der Waals surface area contributed by atoms with Crippen LogP contribution in [-0.2, 0) is 0 Å². The SMILES string of the molecule is Fc1ccc(Nc2nc3nonc3nc2-n2ccnc2)cc1. The Labute approximate surface area is 122 Å². The van der Waals surface area contributed by atoms with Gasteiger partial charge in [-0.3, -0.25) is 4.57 Å². The van der Waals surface area contributed by atoms with Crippen molar-refractivity contribution in [2.75, 3.05) is 5.32 Å². The van der Waals surface area contributed by atoms with Gasteiger partial charge in [0.25, 0.3) is 0 Å². The van der Waals surface area contributed by atoms with Gasteiger partial charge >= 0.3 is 0 Å². The maximum atomic E-state index is 13.0. The van der Waals surface area contributed by atoms with Crippen LogP contribution in [-0.4, -0.2) is 29.8 Å². The molecule has 0 bridgehead atoms. The van der Waals surface area contributed by atoms with Gasteiger partial charge in [-0.05, 0) is 34.6 Å². The van der Waals surface area contributed by atoms with Crippen LogP contribution in [0.5, 0.6) is 0 Å². The van der Waals surface area contributed by atoms with Gasteiger partial charge in [0, 0.05) is 18.1 Å². The van der Waals surface area contributed by atoms with E-state index in [-0.39, 0.29) is 17.1 Å². The Morgan fingerprint density at radius 1 is 1.05 bits per heavy atom. The second-order valence-corrected chi connectivity index (χ2v) is 4.41.